The lowest BCUT2D eigenvalue weighted by Crippen LogP contribution is -2.37. The predicted molar refractivity (Wildman–Crippen MR) is 86.5 cm³/mol. The van der Waals surface area contributed by atoms with Crippen molar-refractivity contribution in [3.8, 4) is 0 Å². The van der Waals surface area contributed by atoms with Gasteiger partial charge in [-0.3, -0.25) is 19.8 Å². The second-order valence-corrected chi connectivity index (χ2v) is 6.58. The number of carbonyl (C=O) groups is 1. The van der Waals surface area contributed by atoms with Crippen molar-refractivity contribution >= 4 is 5.91 Å². The van der Waals surface area contributed by atoms with Gasteiger partial charge in [0.1, 0.15) is 5.92 Å². The van der Waals surface area contributed by atoms with Gasteiger partial charge < -0.3 is 4.90 Å². The van der Waals surface area contributed by atoms with E-state index in [0.717, 1.165) is 26.1 Å². The molecule has 2 aliphatic rings. The molecule has 1 saturated carbocycles. The van der Waals surface area contributed by atoms with Crippen molar-refractivity contribution in [2.45, 2.75) is 32.4 Å². The average Bonchev–Trinajstić information content (AvgIpc) is 3.33. The van der Waals surface area contributed by atoms with E-state index in [-0.39, 0.29) is 16.7 Å². The van der Waals surface area contributed by atoms with Gasteiger partial charge in [-0.15, -0.1) is 0 Å². The topological polar surface area (TPSA) is 66.7 Å². The highest BCUT2D eigenvalue weighted by molar-refractivity contribution is 5.82. The van der Waals surface area contributed by atoms with E-state index in [1.807, 2.05) is 11.0 Å². The van der Waals surface area contributed by atoms with Crippen LogP contribution in [0.15, 0.2) is 24.3 Å². The van der Waals surface area contributed by atoms with Crippen LogP contribution in [0.25, 0.3) is 0 Å². The Bertz CT molecular complexity index is 605. The van der Waals surface area contributed by atoms with E-state index in [9.17, 15) is 14.9 Å². The Morgan fingerprint density at radius 3 is 2.74 bits per heavy atom. The molecule has 0 bridgehead atoms. The van der Waals surface area contributed by atoms with Gasteiger partial charge in [0.2, 0.25) is 11.9 Å². The van der Waals surface area contributed by atoms with Crippen LogP contribution in [0.5, 0.6) is 0 Å². The van der Waals surface area contributed by atoms with E-state index in [1.165, 1.54) is 11.1 Å². The zero-order valence-electron chi connectivity index (χ0n) is 13.5. The molecule has 6 heteroatoms. The second-order valence-electron chi connectivity index (χ2n) is 6.58. The molecule has 0 unspecified atom stereocenters. The summed E-state index contributed by atoms with van der Waals surface area (Å²) in [6.45, 7) is 6.19. The first kappa shape index (κ1) is 15.9. The molecule has 1 heterocycles. The van der Waals surface area contributed by atoms with Gasteiger partial charge in [-0.1, -0.05) is 24.3 Å². The molecule has 1 aliphatic carbocycles. The summed E-state index contributed by atoms with van der Waals surface area (Å²) in [5, 5.41) is 10.7. The molecule has 0 N–H and O–H groups in total. The van der Waals surface area contributed by atoms with Crippen molar-refractivity contribution in [1.29, 1.82) is 0 Å². The van der Waals surface area contributed by atoms with Gasteiger partial charge in [0, 0.05) is 44.1 Å². The maximum absolute atomic E-state index is 12.4. The number of nitro groups is 1. The maximum Gasteiger partial charge on any atom is 0.232 e. The van der Waals surface area contributed by atoms with Crippen LogP contribution in [0.3, 0.4) is 0 Å². The number of aryl methyl sites for hydroxylation is 1. The van der Waals surface area contributed by atoms with Crippen LogP contribution in [-0.2, 0) is 11.3 Å². The lowest BCUT2D eigenvalue weighted by molar-refractivity contribution is -0.497. The number of nitrogens with zero attached hydrogens (tertiary/aromatic N) is 3. The minimum atomic E-state index is -0.645. The molecular weight excluding hydrogens is 294 g/mol. The van der Waals surface area contributed by atoms with Crippen molar-refractivity contribution in [2.75, 3.05) is 26.2 Å². The predicted octanol–water partition coefficient (Wildman–Crippen LogP) is 1.69. The van der Waals surface area contributed by atoms with Crippen LogP contribution in [-0.4, -0.2) is 52.9 Å². The Hall–Kier alpha value is -1.95. The quantitative estimate of drug-likeness (QED) is 0.626. The van der Waals surface area contributed by atoms with Crippen LogP contribution in [0.4, 0.5) is 0 Å². The van der Waals surface area contributed by atoms with Gasteiger partial charge in [-0.2, -0.15) is 0 Å². The lowest BCUT2D eigenvalue weighted by atomic mass is 10.1. The number of hydrogen-bond donors (Lipinski definition) is 0. The molecule has 1 amide bonds. The number of rotatable bonds is 4. The minimum Gasteiger partial charge on any atom is -0.341 e. The van der Waals surface area contributed by atoms with Crippen LogP contribution in [0, 0.1) is 23.0 Å². The zero-order chi connectivity index (χ0) is 16.4. The summed E-state index contributed by atoms with van der Waals surface area (Å²) in [6.07, 6.45) is 1.34. The molecule has 6 nitrogen and oxygen atoms in total. The van der Waals surface area contributed by atoms with E-state index in [0.29, 0.717) is 19.5 Å². The molecule has 124 valence electrons. The third kappa shape index (κ3) is 3.69. The van der Waals surface area contributed by atoms with Gasteiger partial charge >= 0.3 is 0 Å². The molecule has 1 aliphatic heterocycles. The fraction of sp³-hybridized carbons (Fsp3) is 0.588. The molecule has 3 rings (SSSR count). The number of benzene rings is 1. The third-order valence-electron chi connectivity index (χ3n) is 4.90. The van der Waals surface area contributed by atoms with Crippen LogP contribution in [0.1, 0.15) is 24.0 Å². The van der Waals surface area contributed by atoms with E-state index in [1.54, 1.807) is 0 Å². The van der Waals surface area contributed by atoms with Crippen LogP contribution >= 0.6 is 0 Å². The summed E-state index contributed by atoms with van der Waals surface area (Å²) >= 11 is 0. The number of amides is 1. The van der Waals surface area contributed by atoms with Crippen LogP contribution < -0.4 is 0 Å². The van der Waals surface area contributed by atoms with Gasteiger partial charge in [0.15, 0.2) is 0 Å². The minimum absolute atomic E-state index is 0.0237. The molecule has 1 aromatic rings. The molecule has 0 aromatic heterocycles. The lowest BCUT2D eigenvalue weighted by Gasteiger charge is -2.22. The fourth-order valence-corrected chi connectivity index (χ4v) is 3.29. The molecular formula is C17H23N3O3. The van der Waals surface area contributed by atoms with Crippen molar-refractivity contribution in [1.82, 2.24) is 9.80 Å². The largest absolute Gasteiger partial charge is 0.341 e. The van der Waals surface area contributed by atoms with Crippen molar-refractivity contribution in [3.05, 3.63) is 45.5 Å². The van der Waals surface area contributed by atoms with Crippen molar-refractivity contribution < 1.29 is 9.72 Å². The summed E-state index contributed by atoms with van der Waals surface area (Å²) in [7, 11) is 0. The fourth-order valence-electron chi connectivity index (χ4n) is 3.29. The van der Waals surface area contributed by atoms with Gasteiger partial charge in [0.05, 0.1) is 0 Å². The third-order valence-corrected chi connectivity index (χ3v) is 4.90. The Morgan fingerprint density at radius 2 is 2.04 bits per heavy atom. The zero-order valence-corrected chi connectivity index (χ0v) is 13.5. The van der Waals surface area contributed by atoms with Gasteiger partial charge in [-0.25, -0.2) is 0 Å². The first-order valence-electron chi connectivity index (χ1n) is 8.25. The summed E-state index contributed by atoms with van der Waals surface area (Å²) in [6, 6.07) is 7.72. The molecule has 1 saturated heterocycles. The Morgan fingerprint density at radius 1 is 1.26 bits per heavy atom. The van der Waals surface area contributed by atoms with Crippen molar-refractivity contribution in [3.63, 3.8) is 0 Å². The molecule has 0 spiro atoms. The molecule has 0 radical (unpaired) electrons. The summed E-state index contributed by atoms with van der Waals surface area (Å²) < 4.78 is 0. The van der Waals surface area contributed by atoms with E-state index in [2.05, 4.69) is 30.0 Å². The van der Waals surface area contributed by atoms with E-state index < -0.39 is 6.04 Å². The standard InChI is InChI=1S/C17H23N3O3/c1-13-5-2-3-6-14(13)12-18-7-4-8-19(10-9-18)17(21)15-11-16(15)20(22)23/h2-3,5-6,15-16H,4,7-12H2,1H3/t15-,16-/m1/s1. The highest BCUT2D eigenvalue weighted by Crippen LogP contribution is 2.35. The summed E-state index contributed by atoms with van der Waals surface area (Å²) in [5.41, 5.74) is 2.61. The molecule has 2 fully saturated rings. The highest BCUT2D eigenvalue weighted by Gasteiger charge is 2.54. The Balaban J connectivity index is 1.54. The normalized spacial score (nSPS) is 25.0. The summed E-state index contributed by atoms with van der Waals surface area (Å²) in [4.78, 5) is 27.0. The first-order chi connectivity index (χ1) is 11.1. The summed E-state index contributed by atoms with van der Waals surface area (Å²) in [5.74, 6) is -0.405. The Labute approximate surface area is 136 Å². The SMILES string of the molecule is Cc1ccccc1CN1CCCN(C(=O)[C@@H]2C[C@H]2[N+](=O)[O-])CC1. The Kier molecular flexibility index (Phi) is 4.61. The first-order valence-corrected chi connectivity index (χ1v) is 8.25. The monoisotopic (exact) mass is 317 g/mol. The number of carbonyl (C=O) groups excluding carboxylic acids is 1. The van der Waals surface area contributed by atoms with E-state index in [4.69, 9.17) is 0 Å². The van der Waals surface area contributed by atoms with E-state index >= 15 is 0 Å². The van der Waals surface area contributed by atoms with Crippen molar-refractivity contribution in [2.24, 2.45) is 5.92 Å². The number of hydrogen-bond acceptors (Lipinski definition) is 4. The smallest absolute Gasteiger partial charge is 0.232 e. The van der Waals surface area contributed by atoms with Gasteiger partial charge in [0.25, 0.3) is 0 Å². The van der Waals surface area contributed by atoms with Gasteiger partial charge in [-0.05, 0) is 24.5 Å². The molecule has 1 aromatic carbocycles. The molecule has 23 heavy (non-hydrogen) atoms. The average molecular weight is 317 g/mol. The highest BCUT2D eigenvalue weighted by atomic mass is 16.6. The van der Waals surface area contributed by atoms with Crippen LogP contribution in [0.2, 0.25) is 0 Å². The maximum atomic E-state index is 12.4. The molecule has 2 atom stereocenters. The second kappa shape index (κ2) is 6.66.